The lowest BCUT2D eigenvalue weighted by molar-refractivity contribution is 0.0615. The fraction of sp³-hybridized carbons (Fsp3) is 0.739. The average Bonchev–Trinajstić information content (AvgIpc) is 2.95. The molecule has 0 bridgehead atoms. The largest absolute Gasteiger partial charge is 0.501 e. The minimum Gasteiger partial charge on any atom is -0.501 e. The highest BCUT2D eigenvalue weighted by Crippen LogP contribution is 2.62. The van der Waals surface area contributed by atoms with E-state index in [0.717, 1.165) is 24.2 Å². The van der Waals surface area contributed by atoms with E-state index in [2.05, 4.69) is 26.0 Å². The summed E-state index contributed by atoms with van der Waals surface area (Å²) in [5.41, 5.74) is 5.90. The van der Waals surface area contributed by atoms with Gasteiger partial charge in [0.15, 0.2) is 0 Å². The molecule has 0 aromatic heterocycles. The zero-order chi connectivity index (χ0) is 16.7. The molecule has 24 heavy (non-hydrogen) atoms. The second-order valence-electron chi connectivity index (χ2n) is 8.81. The summed E-state index contributed by atoms with van der Waals surface area (Å²) in [7, 11) is 1.83. The van der Waals surface area contributed by atoms with E-state index in [-0.39, 0.29) is 0 Å². The number of ether oxygens (including phenoxy) is 1. The second-order valence-corrected chi connectivity index (χ2v) is 8.81. The van der Waals surface area contributed by atoms with Crippen molar-refractivity contribution in [3.63, 3.8) is 0 Å². The van der Waals surface area contributed by atoms with Crippen LogP contribution in [-0.2, 0) is 4.74 Å². The van der Waals surface area contributed by atoms with Gasteiger partial charge in [0.2, 0.25) is 0 Å². The van der Waals surface area contributed by atoms with E-state index in [4.69, 9.17) is 4.74 Å². The van der Waals surface area contributed by atoms with Gasteiger partial charge in [-0.3, -0.25) is 0 Å². The predicted octanol–water partition coefficient (Wildman–Crippen LogP) is 6.57. The molecule has 2 saturated carbocycles. The zero-order valence-corrected chi connectivity index (χ0v) is 15.9. The molecule has 4 rings (SSSR count). The van der Waals surface area contributed by atoms with Crippen molar-refractivity contribution in [2.75, 3.05) is 7.11 Å². The molecular formula is C23H34O. The number of methoxy groups -OCH3 is 1. The van der Waals surface area contributed by atoms with E-state index in [1.807, 2.05) is 18.3 Å². The minimum atomic E-state index is 0.524. The molecule has 0 aromatic carbocycles. The van der Waals surface area contributed by atoms with Gasteiger partial charge in [0.05, 0.1) is 12.9 Å². The van der Waals surface area contributed by atoms with Gasteiger partial charge >= 0.3 is 0 Å². The Morgan fingerprint density at radius 3 is 2.92 bits per heavy atom. The van der Waals surface area contributed by atoms with Crippen LogP contribution in [-0.4, -0.2) is 7.11 Å². The number of fused-ring (bicyclic) bond motifs is 4. The van der Waals surface area contributed by atoms with Crippen molar-refractivity contribution in [3.8, 4) is 0 Å². The molecule has 0 saturated heterocycles. The first-order valence-corrected chi connectivity index (χ1v) is 10.3. The van der Waals surface area contributed by atoms with Crippen LogP contribution in [0.25, 0.3) is 0 Å². The minimum absolute atomic E-state index is 0.524. The smallest absolute Gasteiger partial charge is 0.0959 e. The third-order valence-electron chi connectivity index (χ3n) is 7.84. The molecule has 0 N–H and O–H groups in total. The fourth-order valence-corrected chi connectivity index (χ4v) is 6.55. The van der Waals surface area contributed by atoms with Crippen LogP contribution in [0.4, 0.5) is 0 Å². The summed E-state index contributed by atoms with van der Waals surface area (Å²) in [5, 5.41) is 0. The van der Waals surface area contributed by atoms with Crippen LogP contribution in [0.3, 0.4) is 0 Å². The van der Waals surface area contributed by atoms with E-state index in [1.165, 1.54) is 63.5 Å². The number of rotatable bonds is 3. The summed E-state index contributed by atoms with van der Waals surface area (Å²) in [6, 6.07) is 0. The first-order valence-electron chi connectivity index (χ1n) is 10.3. The van der Waals surface area contributed by atoms with E-state index in [0.29, 0.717) is 5.41 Å². The van der Waals surface area contributed by atoms with Gasteiger partial charge in [-0.05, 0) is 80.6 Å². The van der Waals surface area contributed by atoms with Gasteiger partial charge in [-0.25, -0.2) is 0 Å². The Balaban J connectivity index is 1.57. The zero-order valence-electron chi connectivity index (χ0n) is 15.9. The molecule has 0 amide bonds. The Bertz CT molecular complexity index is 593. The van der Waals surface area contributed by atoms with Crippen molar-refractivity contribution in [3.05, 3.63) is 34.6 Å². The first-order chi connectivity index (χ1) is 11.7. The Hall–Kier alpha value is -0.980. The molecule has 4 aliphatic carbocycles. The molecule has 0 spiro atoms. The second kappa shape index (κ2) is 6.39. The quantitative estimate of drug-likeness (QED) is 0.533. The summed E-state index contributed by atoms with van der Waals surface area (Å²) in [6.07, 6.45) is 18.3. The van der Waals surface area contributed by atoms with Gasteiger partial charge in [-0.15, -0.1) is 0 Å². The average molecular weight is 327 g/mol. The lowest BCUT2D eigenvalue weighted by Crippen LogP contribution is -2.41. The summed E-state index contributed by atoms with van der Waals surface area (Å²) >= 11 is 0. The van der Waals surface area contributed by atoms with Crippen LogP contribution >= 0.6 is 0 Å². The van der Waals surface area contributed by atoms with Gasteiger partial charge in [0, 0.05) is 6.42 Å². The van der Waals surface area contributed by atoms with Crippen LogP contribution < -0.4 is 0 Å². The van der Waals surface area contributed by atoms with Crippen LogP contribution in [0.15, 0.2) is 34.6 Å². The maximum atomic E-state index is 5.53. The molecule has 1 nitrogen and oxygen atoms in total. The maximum absolute atomic E-state index is 5.53. The topological polar surface area (TPSA) is 9.23 Å². The highest BCUT2D eigenvalue weighted by atomic mass is 16.5. The summed E-state index contributed by atoms with van der Waals surface area (Å²) in [5.74, 6) is 3.99. The fourth-order valence-electron chi connectivity index (χ4n) is 6.55. The van der Waals surface area contributed by atoms with Gasteiger partial charge in [0.1, 0.15) is 0 Å². The molecular weight excluding hydrogens is 292 g/mol. The van der Waals surface area contributed by atoms with E-state index >= 15 is 0 Å². The molecule has 2 fully saturated rings. The molecule has 0 unspecified atom stereocenters. The van der Waals surface area contributed by atoms with Gasteiger partial charge in [0.25, 0.3) is 0 Å². The molecule has 0 heterocycles. The molecule has 0 radical (unpaired) electrons. The molecule has 1 heteroatoms. The van der Waals surface area contributed by atoms with Gasteiger partial charge in [-0.2, -0.15) is 0 Å². The van der Waals surface area contributed by atoms with Crippen LogP contribution in [0.2, 0.25) is 0 Å². The SMILES string of the molecule is CCC/C=C1/CC[C@H]2[C@@H]3CCC4=C(CC=C(OC)C4)[C@H]3CC[C@]12C. The van der Waals surface area contributed by atoms with Crippen molar-refractivity contribution < 1.29 is 4.74 Å². The van der Waals surface area contributed by atoms with Crippen LogP contribution in [0.5, 0.6) is 0 Å². The van der Waals surface area contributed by atoms with Crippen molar-refractivity contribution in [1.82, 2.24) is 0 Å². The van der Waals surface area contributed by atoms with Crippen molar-refractivity contribution in [1.29, 1.82) is 0 Å². The highest BCUT2D eigenvalue weighted by molar-refractivity contribution is 5.34. The number of unbranched alkanes of at least 4 members (excludes halogenated alkanes) is 1. The van der Waals surface area contributed by atoms with Gasteiger partial charge in [-0.1, -0.05) is 43.1 Å². The molecule has 0 aliphatic heterocycles. The van der Waals surface area contributed by atoms with Crippen molar-refractivity contribution in [2.45, 2.75) is 78.1 Å². The third-order valence-corrected chi connectivity index (χ3v) is 7.84. The Morgan fingerprint density at radius 1 is 1.25 bits per heavy atom. The Kier molecular flexibility index (Phi) is 4.39. The summed E-state index contributed by atoms with van der Waals surface area (Å²) in [6.45, 7) is 4.92. The van der Waals surface area contributed by atoms with Crippen molar-refractivity contribution >= 4 is 0 Å². The lowest BCUT2D eigenvalue weighted by atomic mass is 9.54. The van der Waals surface area contributed by atoms with Crippen molar-refractivity contribution in [2.24, 2.45) is 23.2 Å². The lowest BCUT2D eigenvalue weighted by Gasteiger charge is -2.51. The molecule has 4 atom stereocenters. The number of allylic oxidation sites excluding steroid dienone is 5. The van der Waals surface area contributed by atoms with E-state index < -0.39 is 0 Å². The first kappa shape index (κ1) is 16.5. The third kappa shape index (κ3) is 2.50. The summed E-state index contributed by atoms with van der Waals surface area (Å²) in [4.78, 5) is 0. The van der Waals surface area contributed by atoms with E-state index in [9.17, 15) is 0 Å². The number of hydrogen-bond acceptors (Lipinski definition) is 1. The normalized spacial score (nSPS) is 40.0. The standard InChI is InChI=1S/C23H34O/c1-4-5-6-17-8-12-22-21-10-7-16-15-18(24-3)9-11-19(16)20(21)13-14-23(17,22)2/h6,9,20-22H,4-5,7-8,10-15H2,1-3H3/b17-6-/t20-,21-,22+,23-/m1/s1. The predicted molar refractivity (Wildman–Crippen MR) is 101 cm³/mol. The Morgan fingerprint density at radius 2 is 2.12 bits per heavy atom. The number of hydrogen-bond donors (Lipinski definition) is 0. The van der Waals surface area contributed by atoms with E-state index in [1.54, 1.807) is 5.57 Å². The maximum Gasteiger partial charge on any atom is 0.0959 e. The van der Waals surface area contributed by atoms with Gasteiger partial charge < -0.3 is 4.74 Å². The van der Waals surface area contributed by atoms with Crippen LogP contribution in [0, 0.1) is 23.2 Å². The molecule has 0 aromatic rings. The Labute approximate surface area is 148 Å². The molecule has 4 aliphatic rings. The molecule has 132 valence electrons. The monoisotopic (exact) mass is 326 g/mol. The van der Waals surface area contributed by atoms with Crippen LogP contribution in [0.1, 0.15) is 78.1 Å². The summed E-state index contributed by atoms with van der Waals surface area (Å²) < 4.78 is 5.53. The highest BCUT2D eigenvalue weighted by Gasteiger charge is 2.52.